The topological polar surface area (TPSA) is 204 Å². The van der Waals surface area contributed by atoms with Crippen molar-refractivity contribution < 1.29 is 48.1 Å². The summed E-state index contributed by atoms with van der Waals surface area (Å²) >= 11 is 1.08. The second-order valence-corrected chi connectivity index (χ2v) is 12.1. The molecule has 4 aliphatic rings. The number of likely N-dealkylation sites (N-methyl/N-ethyl adjacent to an activating group) is 1. The third kappa shape index (κ3) is 4.26. The number of imide groups is 1. The summed E-state index contributed by atoms with van der Waals surface area (Å²) in [6.07, 6.45) is 0.204. The molecule has 4 atom stereocenters. The fourth-order valence-corrected chi connectivity index (χ4v) is 7.21. The number of piperazine rings is 1. The van der Waals surface area contributed by atoms with E-state index in [1.54, 1.807) is 20.8 Å². The molecule has 1 unspecified atom stereocenters. The average molecular weight is 605 g/mol. The molecule has 0 saturated carbocycles. The number of thioether (sulfide) groups is 1. The highest BCUT2D eigenvalue weighted by Gasteiger charge is 2.73. The van der Waals surface area contributed by atoms with Gasteiger partial charge in [-0.15, -0.1) is 11.8 Å². The van der Waals surface area contributed by atoms with Crippen LogP contribution < -0.4 is 25.4 Å². The molecule has 16 nitrogen and oxygen atoms in total. The van der Waals surface area contributed by atoms with E-state index in [4.69, 9.17) is 9.47 Å². The Bertz CT molecular complexity index is 1400. The van der Waals surface area contributed by atoms with Crippen LogP contribution in [0.15, 0.2) is 18.2 Å². The number of amides is 7. The van der Waals surface area contributed by atoms with E-state index in [9.17, 15) is 38.7 Å². The Hall–Kier alpha value is -4.54. The molecule has 4 aliphatic heterocycles. The predicted molar refractivity (Wildman–Crippen MR) is 142 cm³/mol. The molecule has 1 aromatic carbocycles. The van der Waals surface area contributed by atoms with Crippen LogP contribution in [0.5, 0.6) is 11.5 Å². The largest absolute Gasteiger partial charge is 0.478 e. The van der Waals surface area contributed by atoms with E-state index in [0.29, 0.717) is 16.4 Å². The molecule has 224 valence electrons. The minimum Gasteiger partial charge on any atom is -0.478 e. The van der Waals surface area contributed by atoms with Crippen LogP contribution in [0.4, 0.5) is 4.79 Å². The maximum absolute atomic E-state index is 13.7. The molecule has 5 rings (SSSR count). The van der Waals surface area contributed by atoms with Crippen LogP contribution in [0.25, 0.3) is 0 Å². The highest BCUT2D eigenvalue weighted by molar-refractivity contribution is 8.01. The van der Waals surface area contributed by atoms with Crippen molar-refractivity contribution in [1.82, 2.24) is 30.7 Å². The van der Waals surface area contributed by atoms with E-state index >= 15 is 0 Å². The second-order valence-electron chi connectivity index (χ2n) is 10.3. The van der Waals surface area contributed by atoms with Gasteiger partial charge in [0.2, 0.25) is 24.8 Å². The number of urea groups is 1. The Balaban J connectivity index is 1.40. The smallest absolute Gasteiger partial charge is 0.352 e. The fourth-order valence-electron chi connectivity index (χ4n) is 5.50. The number of carbonyl (C=O) groups excluding carboxylic acids is 6. The number of fused-ring (bicyclic) bond motifs is 2. The molecule has 0 spiro atoms. The lowest BCUT2D eigenvalue weighted by Crippen LogP contribution is -2.79. The van der Waals surface area contributed by atoms with Gasteiger partial charge in [-0.05, 0) is 38.5 Å². The molecule has 0 radical (unpaired) electrons. The summed E-state index contributed by atoms with van der Waals surface area (Å²) in [5, 5.41) is 16.5. The zero-order valence-corrected chi connectivity index (χ0v) is 23.6. The van der Waals surface area contributed by atoms with E-state index in [1.807, 2.05) is 0 Å². The summed E-state index contributed by atoms with van der Waals surface area (Å²) < 4.78 is 9.52. The highest BCUT2D eigenvalue weighted by Crippen LogP contribution is 2.55. The third-order valence-electron chi connectivity index (χ3n) is 7.76. The molecular formula is C25H28N6O10S. The van der Waals surface area contributed by atoms with Crippen molar-refractivity contribution in [3.63, 3.8) is 0 Å². The van der Waals surface area contributed by atoms with Crippen LogP contribution in [-0.2, 0) is 28.8 Å². The number of nitrogens with one attached hydrogen (secondary N) is 3. The Morgan fingerprint density at radius 1 is 1.14 bits per heavy atom. The van der Waals surface area contributed by atoms with Crippen molar-refractivity contribution >= 4 is 53.8 Å². The first-order valence-electron chi connectivity index (χ1n) is 12.9. The zero-order chi connectivity index (χ0) is 30.6. The van der Waals surface area contributed by atoms with Gasteiger partial charge in [0.1, 0.15) is 17.5 Å². The summed E-state index contributed by atoms with van der Waals surface area (Å²) in [5.74, 6) is -4.24. The van der Waals surface area contributed by atoms with Crippen molar-refractivity contribution in [2.75, 3.05) is 26.4 Å². The highest BCUT2D eigenvalue weighted by atomic mass is 32.2. The molecule has 1 aromatic rings. The third-order valence-corrected chi connectivity index (χ3v) is 9.37. The maximum Gasteiger partial charge on any atom is 0.352 e. The Morgan fingerprint density at radius 2 is 1.86 bits per heavy atom. The Labute approximate surface area is 243 Å². The van der Waals surface area contributed by atoms with Gasteiger partial charge < -0.3 is 35.4 Å². The molecule has 4 N–H and O–H groups in total. The van der Waals surface area contributed by atoms with Gasteiger partial charge in [-0.25, -0.2) is 9.59 Å². The number of hydrogen-bond acceptors (Lipinski definition) is 10. The average Bonchev–Trinajstić information content (AvgIpc) is 3.50. The van der Waals surface area contributed by atoms with Gasteiger partial charge in [0.15, 0.2) is 11.5 Å². The van der Waals surface area contributed by atoms with Crippen molar-refractivity contribution in [1.29, 1.82) is 0 Å². The first-order chi connectivity index (χ1) is 19.9. The van der Waals surface area contributed by atoms with Gasteiger partial charge in [0, 0.05) is 19.6 Å². The number of nitrogens with zero attached hydrogens (tertiary/aromatic N) is 3. The standard InChI is InChI=1S/C25H28N6O10S/c1-4-29-7-8-30(20(36)19(29)35)23(39)28-15(12-5-6-13-14(9-12)41-11-40-13)17(33)27-16-18(34)31-21(16)42-24(2,3)25(31,22(37)38)26-10-32/h5-6,9-10,15-16,21H,4,7-8,11H2,1-3H3,(H,26,32)(H,27,33)(H,28,39)(H,37,38)/t15?,16-,21+,25-/m0/s1. The molecule has 4 heterocycles. The van der Waals surface area contributed by atoms with Crippen LogP contribution in [0.1, 0.15) is 32.4 Å². The first-order valence-corrected chi connectivity index (χ1v) is 13.8. The van der Waals surface area contributed by atoms with Gasteiger partial charge >= 0.3 is 23.8 Å². The van der Waals surface area contributed by atoms with Gasteiger partial charge in [-0.3, -0.25) is 33.8 Å². The second kappa shape index (κ2) is 10.4. The molecule has 17 heteroatoms. The van der Waals surface area contributed by atoms with Crippen molar-refractivity contribution in [3.8, 4) is 11.5 Å². The predicted octanol–water partition coefficient (Wildman–Crippen LogP) is -1.44. The molecular weight excluding hydrogens is 576 g/mol. The summed E-state index contributed by atoms with van der Waals surface area (Å²) in [6, 6.07) is 0.821. The maximum atomic E-state index is 13.7. The summed E-state index contributed by atoms with van der Waals surface area (Å²) in [6.45, 7) is 5.07. The van der Waals surface area contributed by atoms with Crippen LogP contribution in [-0.4, -0.2) is 110 Å². The van der Waals surface area contributed by atoms with Crippen molar-refractivity contribution in [2.45, 2.75) is 48.6 Å². The van der Waals surface area contributed by atoms with E-state index < -0.39 is 63.5 Å². The molecule has 0 bridgehead atoms. The lowest BCUT2D eigenvalue weighted by Gasteiger charge is -2.49. The van der Waals surface area contributed by atoms with Crippen LogP contribution in [0, 0.1) is 0 Å². The number of aliphatic carboxylic acids is 1. The summed E-state index contributed by atoms with van der Waals surface area (Å²) in [4.78, 5) is 91.7. The van der Waals surface area contributed by atoms with Gasteiger partial charge in [0.05, 0.1) is 4.75 Å². The number of ether oxygens (including phenoxy) is 2. The molecule has 0 aromatic heterocycles. The van der Waals surface area contributed by atoms with E-state index in [-0.39, 0.29) is 38.4 Å². The van der Waals surface area contributed by atoms with E-state index in [0.717, 1.165) is 16.7 Å². The van der Waals surface area contributed by atoms with E-state index in [1.165, 1.54) is 23.1 Å². The number of rotatable bonds is 8. The normalized spacial score (nSPS) is 26.3. The van der Waals surface area contributed by atoms with Crippen molar-refractivity contribution in [2.24, 2.45) is 0 Å². The first kappa shape index (κ1) is 29.0. The lowest BCUT2D eigenvalue weighted by atomic mass is 9.88. The quantitative estimate of drug-likeness (QED) is 0.154. The molecule has 3 fully saturated rings. The van der Waals surface area contributed by atoms with E-state index in [2.05, 4.69) is 16.0 Å². The Kier molecular flexibility index (Phi) is 7.16. The van der Waals surface area contributed by atoms with Gasteiger partial charge in [-0.1, -0.05) is 6.07 Å². The molecule has 42 heavy (non-hydrogen) atoms. The number of β-lactam (4-membered cyclic amide) rings is 1. The number of carboxylic acids is 1. The molecule has 0 aliphatic carbocycles. The zero-order valence-electron chi connectivity index (χ0n) is 22.7. The van der Waals surface area contributed by atoms with Gasteiger partial charge in [-0.2, -0.15) is 0 Å². The monoisotopic (exact) mass is 604 g/mol. The van der Waals surface area contributed by atoms with Crippen LogP contribution >= 0.6 is 11.8 Å². The number of carboxylic acid groups (broad SMARTS) is 1. The number of hydrogen-bond donors (Lipinski definition) is 4. The molecule has 7 amide bonds. The van der Waals surface area contributed by atoms with Crippen molar-refractivity contribution in [3.05, 3.63) is 23.8 Å². The van der Waals surface area contributed by atoms with Crippen LogP contribution in [0.3, 0.4) is 0 Å². The SMILES string of the molecule is CCN1CCN(C(=O)NC(C(=O)N[C@H]2C(=O)N3[C@@H]2SC(C)(C)[C@]3(NC=O)C(=O)O)c2ccc3c(c2)OCO3)C(=O)C1=O. The Morgan fingerprint density at radius 3 is 2.52 bits per heavy atom. The van der Waals surface area contributed by atoms with Crippen LogP contribution in [0.2, 0.25) is 0 Å². The number of benzene rings is 1. The lowest BCUT2D eigenvalue weighted by molar-refractivity contribution is -0.175. The minimum absolute atomic E-state index is 0.0540. The molecule has 3 saturated heterocycles. The fraction of sp³-hybridized carbons (Fsp3) is 0.480. The summed E-state index contributed by atoms with van der Waals surface area (Å²) in [5.41, 5.74) is -1.83. The van der Waals surface area contributed by atoms with Gasteiger partial charge in [0.25, 0.3) is 5.91 Å². The number of carbonyl (C=O) groups is 7. The summed E-state index contributed by atoms with van der Waals surface area (Å²) in [7, 11) is 0. The minimum atomic E-state index is -2.05.